The van der Waals surface area contributed by atoms with Gasteiger partial charge in [0.15, 0.2) is 34.5 Å². The van der Waals surface area contributed by atoms with Crippen molar-refractivity contribution in [1.82, 2.24) is 5.43 Å². The maximum atomic E-state index is 12.6. The minimum absolute atomic E-state index is 0.113. The molecule has 10 nitrogen and oxygen atoms in total. The van der Waals surface area contributed by atoms with E-state index in [0.29, 0.717) is 45.4 Å². The number of carbonyl (C=O) groups is 2. The minimum atomic E-state index is -0.575. The molecular weight excluding hydrogens is 444 g/mol. The number of hydrogen-bond acceptors (Lipinski definition) is 9. The molecule has 34 heavy (non-hydrogen) atoms. The number of ether oxygens (including phenoxy) is 6. The highest BCUT2D eigenvalue weighted by atomic mass is 16.7. The van der Waals surface area contributed by atoms with Crippen molar-refractivity contribution in [3.63, 3.8) is 0 Å². The molecule has 0 unspecified atom stereocenters. The Labute approximate surface area is 193 Å². The Balaban J connectivity index is 1.24. The van der Waals surface area contributed by atoms with Crippen LogP contribution in [0.5, 0.6) is 34.5 Å². The van der Waals surface area contributed by atoms with Crippen molar-refractivity contribution in [3.8, 4) is 34.5 Å². The van der Waals surface area contributed by atoms with Gasteiger partial charge in [0.25, 0.3) is 5.91 Å². The number of benzene rings is 3. The third kappa shape index (κ3) is 4.29. The van der Waals surface area contributed by atoms with Crippen LogP contribution < -0.4 is 33.8 Å². The number of nitrogens with zero attached hydrogens (tertiary/aromatic N) is 1. The summed E-state index contributed by atoms with van der Waals surface area (Å²) in [6.07, 6.45) is 1.44. The molecule has 3 aromatic rings. The van der Waals surface area contributed by atoms with E-state index in [1.807, 2.05) is 0 Å². The molecule has 1 amide bonds. The number of hydrogen-bond donors (Lipinski definition) is 1. The molecule has 0 fully saturated rings. The van der Waals surface area contributed by atoms with Gasteiger partial charge in [-0.05, 0) is 60.2 Å². The molecule has 0 saturated carbocycles. The summed E-state index contributed by atoms with van der Waals surface area (Å²) in [6, 6.07) is 14.5. The van der Waals surface area contributed by atoms with Crippen molar-refractivity contribution in [1.29, 1.82) is 0 Å². The maximum absolute atomic E-state index is 12.6. The van der Waals surface area contributed by atoms with Crippen LogP contribution in [-0.4, -0.2) is 38.8 Å². The Kier molecular flexibility index (Phi) is 5.61. The Morgan fingerprint density at radius 1 is 0.824 bits per heavy atom. The van der Waals surface area contributed by atoms with Crippen LogP contribution in [0.1, 0.15) is 26.3 Å². The lowest BCUT2D eigenvalue weighted by Gasteiger charge is -2.10. The lowest BCUT2D eigenvalue weighted by atomic mass is 10.2. The maximum Gasteiger partial charge on any atom is 0.343 e. The van der Waals surface area contributed by atoms with E-state index in [2.05, 4.69) is 10.5 Å². The second-order valence-corrected chi connectivity index (χ2v) is 7.14. The lowest BCUT2D eigenvalue weighted by Crippen LogP contribution is -2.17. The molecule has 0 spiro atoms. The summed E-state index contributed by atoms with van der Waals surface area (Å²) in [5.41, 5.74) is 3.76. The highest BCUT2D eigenvalue weighted by molar-refractivity contribution is 5.96. The number of carbonyl (C=O) groups excluding carboxylic acids is 2. The van der Waals surface area contributed by atoms with Crippen molar-refractivity contribution in [3.05, 3.63) is 71.3 Å². The van der Waals surface area contributed by atoms with Gasteiger partial charge < -0.3 is 28.4 Å². The fourth-order valence-corrected chi connectivity index (χ4v) is 3.30. The number of nitrogens with one attached hydrogen (secondary N) is 1. The summed E-state index contributed by atoms with van der Waals surface area (Å²) >= 11 is 0. The van der Waals surface area contributed by atoms with E-state index in [1.165, 1.54) is 13.3 Å². The van der Waals surface area contributed by atoms with Gasteiger partial charge in [0, 0.05) is 5.56 Å². The molecule has 10 heteroatoms. The number of esters is 1. The predicted octanol–water partition coefficient (Wildman–Crippen LogP) is 3.14. The molecule has 3 aromatic carbocycles. The average molecular weight is 462 g/mol. The summed E-state index contributed by atoms with van der Waals surface area (Å²) in [6.45, 7) is 0.240. The van der Waals surface area contributed by atoms with Gasteiger partial charge in [0.05, 0.1) is 18.9 Å². The number of amides is 1. The Morgan fingerprint density at radius 2 is 1.47 bits per heavy atom. The van der Waals surface area contributed by atoms with Crippen LogP contribution in [0.3, 0.4) is 0 Å². The third-order valence-electron chi connectivity index (χ3n) is 5.01. The summed E-state index contributed by atoms with van der Waals surface area (Å²) in [5.74, 6) is 1.72. The highest BCUT2D eigenvalue weighted by Gasteiger charge is 2.19. The number of hydrazone groups is 1. The van der Waals surface area contributed by atoms with Crippen LogP contribution in [0.25, 0.3) is 0 Å². The van der Waals surface area contributed by atoms with Gasteiger partial charge in [0.2, 0.25) is 13.6 Å². The summed E-state index contributed by atoms with van der Waals surface area (Å²) < 4.78 is 31.9. The van der Waals surface area contributed by atoms with Crippen LogP contribution >= 0.6 is 0 Å². The van der Waals surface area contributed by atoms with Gasteiger partial charge in [-0.2, -0.15) is 5.10 Å². The molecule has 2 aliphatic heterocycles. The first kappa shape index (κ1) is 21.1. The Bertz CT molecular complexity index is 1300. The van der Waals surface area contributed by atoms with Crippen LogP contribution in [-0.2, 0) is 0 Å². The monoisotopic (exact) mass is 462 g/mol. The molecule has 2 heterocycles. The third-order valence-corrected chi connectivity index (χ3v) is 5.01. The first-order valence-electron chi connectivity index (χ1n) is 10.1. The number of fused-ring (bicyclic) bond motifs is 2. The van der Waals surface area contributed by atoms with Crippen LogP contribution in [0.15, 0.2) is 59.7 Å². The fraction of sp³-hybridized carbons (Fsp3) is 0.125. The van der Waals surface area contributed by atoms with Gasteiger partial charge in [-0.25, -0.2) is 10.2 Å². The highest BCUT2D eigenvalue weighted by Crippen LogP contribution is 2.34. The van der Waals surface area contributed by atoms with Crippen molar-refractivity contribution >= 4 is 18.1 Å². The average Bonchev–Trinajstić information content (AvgIpc) is 3.53. The van der Waals surface area contributed by atoms with Crippen LogP contribution in [0.4, 0.5) is 0 Å². The van der Waals surface area contributed by atoms with E-state index in [9.17, 15) is 9.59 Å². The molecule has 0 atom stereocenters. The molecular formula is C24H18N2O8. The summed E-state index contributed by atoms with van der Waals surface area (Å²) in [5, 5.41) is 3.97. The first-order valence-corrected chi connectivity index (χ1v) is 10.1. The fourth-order valence-electron chi connectivity index (χ4n) is 3.30. The van der Waals surface area contributed by atoms with Crippen molar-refractivity contribution in [2.24, 2.45) is 5.10 Å². The molecule has 5 rings (SSSR count). The molecule has 0 bridgehead atoms. The standard InChI is InChI=1S/C24H18N2O8/c1-29-20-8-14(11-25-26-23(27)15-3-6-17-21(9-15)32-12-30-17)2-5-19(20)34-24(28)16-4-7-18-22(10-16)33-13-31-18/h2-11H,12-13H2,1H3,(H,26,27). The van der Waals surface area contributed by atoms with Crippen LogP contribution in [0, 0.1) is 0 Å². The second-order valence-electron chi connectivity index (χ2n) is 7.14. The Morgan fingerprint density at radius 3 is 2.18 bits per heavy atom. The smallest absolute Gasteiger partial charge is 0.343 e. The van der Waals surface area contributed by atoms with E-state index in [1.54, 1.807) is 54.6 Å². The van der Waals surface area contributed by atoms with Crippen LogP contribution in [0.2, 0.25) is 0 Å². The zero-order valence-electron chi connectivity index (χ0n) is 17.9. The quantitative estimate of drug-likeness (QED) is 0.257. The van der Waals surface area contributed by atoms with Gasteiger partial charge in [-0.3, -0.25) is 4.79 Å². The van der Waals surface area contributed by atoms with E-state index >= 15 is 0 Å². The summed E-state index contributed by atoms with van der Waals surface area (Å²) in [4.78, 5) is 24.9. The SMILES string of the molecule is COc1cc(C=NNC(=O)c2ccc3c(c2)OCO3)ccc1OC(=O)c1ccc2c(c1)OCO2. The van der Waals surface area contributed by atoms with E-state index in [0.717, 1.165) is 0 Å². The van der Waals surface area contributed by atoms with Crippen molar-refractivity contribution < 1.29 is 38.0 Å². The first-order chi connectivity index (χ1) is 16.6. The second kappa shape index (κ2) is 9.02. The molecule has 172 valence electrons. The molecule has 0 radical (unpaired) electrons. The van der Waals surface area contributed by atoms with E-state index in [4.69, 9.17) is 28.4 Å². The topological polar surface area (TPSA) is 114 Å². The summed E-state index contributed by atoms with van der Waals surface area (Å²) in [7, 11) is 1.45. The molecule has 0 aliphatic carbocycles. The van der Waals surface area contributed by atoms with Gasteiger partial charge >= 0.3 is 5.97 Å². The number of methoxy groups -OCH3 is 1. The predicted molar refractivity (Wildman–Crippen MR) is 118 cm³/mol. The number of rotatable bonds is 6. The largest absolute Gasteiger partial charge is 0.493 e. The zero-order chi connectivity index (χ0) is 23.5. The van der Waals surface area contributed by atoms with Crippen molar-refractivity contribution in [2.45, 2.75) is 0 Å². The van der Waals surface area contributed by atoms with E-state index in [-0.39, 0.29) is 19.3 Å². The zero-order valence-corrected chi connectivity index (χ0v) is 17.9. The van der Waals surface area contributed by atoms with Crippen molar-refractivity contribution in [2.75, 3.05) is 20.7 Å². The minimum Gasteiger partial charge on any atom is -0.493 e. The molecule has 0 saturated heterocycles. The van der Waals surface area contributed by atoms with Gasteiger partial charge in [-0.1, -0.05) is 0 Å². The molecule has 1 N–H and O–H groups in total. The Hall–Kier alpha value is -4.73. The lowest BCUT2D eigenvalue weighted by molar-refractivity contribution is 0.0729. The molecule has 0 aromatic heterocycles. The van der Waals surface area contributed by atoms with Gasteiger partial charge in [0.1, 0.15) is 0 Å². The van der Waals surface area contributed by atoms with Gasteiger partial charge in [-0.15, -0.1) is 0 Å². The van der Waals surface area contributed by atoms with E-state index < -0.39 is 11.9 Å². The normalized spacial score (nSPS) is 13.1. The molecule has 2 aliphatic rings.